The summed E-state index contributed by atoms with van der Waals surface area (Å²) in [4.78, 5) is 5.75. The first-order valence-corrected chi connectivity index (χ1v) is 7.29. The second kappa shape index (κ2) is 4.15. The number of H-pyrrole nitrogens is 1. The molecule has 2 aliphatic rings. The number of aromatic amines is 1. The summed E-state index contributed by atoms with van der Waals surface area (Å²) in [5.41, 5.74) is 1.84. The van der Waals surface area contributed by atoms with Gasteiger partial charge in [0.2, 0.25) is 0 Å². The average molecular weight is 277 g/mol. The number of hydrogen-bond acceptors (Lipinski definition) is 2. The molecule has 0 aliphatic carbocycles. The summed E-state index contributed by atoms with van der Waals surface area (Å²) >= 11 is 5.46. The molecule has 3 nitrogen and oxygen atoms in total. The lowest BCUT2D eigenvalue weighted by Gasteiger charge is -2.22. The first kappa shape index (κ1) is 11.6. The van der Waals surface area contributed by atoms with E-state index in [9.17, 15) is 4.39 Å². The van der Waals surface area contributed by atoms with E-state index in [4.69, 9.17) is 12.2 Å². The van der Waals surface area contributed by atoms with Crippen molar-refractivity contribution >= 4 is 23.3 Å². The van der Waals surface area contributed by atoms with Gasteiger partial charge in [-0.3, -0.25) is 4.90 Å². The molecular formula is C14H16FN3S. The summed E-state index contributed by atoms with van der Waals surface area (Å²) in [6.07, 6.45) is 3.61. The van der Waals surface area contributed by atoms with Crippen LogP contribution in [0, 0.1) is 10.6 Å². The van der Waals surface area contributed by atoms with Gasteiger partial charge in [-0.1, -0.05) is 0 Å². The summed E-state index contributed by atoms with van der Waals surface area (Å²) in [5, 5.41) is 0. The molecule has 0 spiro atoms. The SMILES string of the molecule is Fc1ccc2[nH]c(=S)n(C3CCN4CCCC34)c2c1. The molecule has 0 saturated carbocycles. The summed E-state index contributed by atoms with van der Waals surface area (Å²) < 4.78 is 16.4. The fourth-order valence-corrected chi connectivity index (χ4v) is 4.12. The Morgan fingerprint density at radius 3 is 3.00 bits per heavy atom. The Labute approximate surface area is 116 Å². The number of imidazole rings is 1. The highest BCUT2D eigenvalue weighted by Crippen LogP contribution is 2.37. The molecule has 2 aliphatic heterocycles. The van der Waals surface area contributed by atoms with Gasteiger partial charge in [0.25, 0.3) is 0 Å². The minimum atomic E-state index is -0.198. The molecule has 2 fully saturated rings. The van der Waals surface area contributed by atoms with Crippen LogP contribution < -0.4 is 0 Å². The maximum Gasteiger partial charge on any atom is 0.178 e. The fourth-order valence-electron chi connectivity index (χ4n) is 3.78. The second-order valence-corrected chi connectivity index (χ2v) is 5.95. The monoisotopic (exact) mass is 277 g/mol. The highest BCUT2D eigenvalue weighted by Gasteiger charge is 2.38. The Morgan fingerprint density at radius 2 is 2.11 bits per heavy atom. The number of nitrogens with zero attached hydrogens (tertiary/aromatic N) is 2. The van der Waals surface area contributed by atoms with Gasteiger partial charge in [-0.15, -0.1) is 0 Å². The Balaban J connectivity index is 1.88. The average Bonchev–Trinajstić information content (AvgIpc) is 3.03. The third-order valence-corrected chi connectivity index (χ3v) is 4.88. The lowest BCUT2D eigenvalue weighted by Crippen LogP contribution is -2.27. The van der Waals surface area contributed by atoms with E-state index in [2.05, 4.69) is 14.5 Å². The van der Waals surface area contributed by atoms with E-state index in [1.54, 1.807) is 12.1 Å². The van der Waals surface area contributed by atoms with E-state index in [0.717, 1.165) is 28.8 Å². The van der Waals surface area contributed by atoms with Gasteiger partial charge in [0.1, 0.15) is 5.82 Å². The van der Waals surface area contributed by atoms with Crippen molar-refractivity contribution in [1.82, 2.24) is 14.5 Å². The van der Waals surface area contributed by atoms with Gasteiger partial charge in [0, 0.05) is 12.6 Å². The minimum Gasteiger partial charge on any atom is -0.331 e. The van der Waals surface area contributed by atoms with Crippen LogP contribution in [0.1, 0.15) is 25.3 Å². The highest BCUT2D eigenvalue weighted by atomic mass is 32.1. The number of hydrogen-bond donors (Lipinski definition) is 1. The van der Waals surface area contributed by atoms with Crippen LogP contribution in [0.2, 0.25) is 0 Å². The molecule has 3 heterocycles. The normalized spacial score (nSPS) is 27.2. The maximum atomic E-state index is 13.5. The summed E-state index contributed by atoms with van der Waals surface area (Å²) in [6.45, 7) is 2.34. The van der Waals surface area contributed by atoms with Crippen LogP contribution in [0.4, 0.5) is 4.39 Å². The molecule has 2 aromatic rings. The fraction of sp³-hybridized carbons (Fsp3) is 0.500. The lowest BCUT2D eigenvalue weighted by molar-refractivity contribution is 0.291. The highest BCUT2D eigenvalue weighted by molar-refractivity contribution is 7.71. The van der Waals surface area contributed by atoms with Crippen LogP contribution in [0.3, 0.4) is 0 Å². The number of fused-ring (bicyclic) bond motifs is 2. The van der Waals surface area contributed by atoms with Crippen LogP contribution in [-0.2, 0) is 0 Å². The van der Waals surface area contributed by atoms with Crippen molar-refractivity contribution in [3.63, 3.8) is 0 Å². The largest absolute Gasteiger partial charge is 0.331 e. The van der Waals surface area contributed by atoms with Gasteiger partial charge in [0.05, 0.1) is 17.1 Å². The van der Waals surface area contributed by atoms with E-state index in [1.165, 1.54) is 25.5 Å². The van der Waals surface area contributed by atoms with Crippen molar-refractivity contribution < 1.29 is 4.39 Å². The molecule has 1 aromatic carbocycles. The minimum absolute atomic E-state index is 0.198. The predicted molar refractivity (Wildman–Crippen MR) is 75.3 cm³/mol. The van der Waals surface area contributed by atoms with Crippen LogP contribution in [0.25, 0.3) is 11.0 Å². The molecule has 0 radical (unpaired) electrons. The van der Waals surface area contributed by atoms with Crippen molar-refractivity contribution in [2.24, 2.45) is 0 Å². The zero-order valence-corrected chi connectivity index (χ0v) is 11.4. The lowest BCUT2D eigenvalue weighted by atomic mass is 10.1. The Bertz CT molecular complexity index is 690. The van der Waals surface area contributed by atoms with Gasteiger partial charge in [-0.2, -0.15) is 0 Å². The predicted octanol–water partition coefficient (Wildman–Crippen LogP) is 3.25. The number of rotatable bonds is 1. The first-order chi connectivity index (χ1) is 9.24. The number of nitrogens with one attached hydrogen (secondary N) is 1. The quantitative estimate of drug-likeness (QED) is 0.809. The standard InChI is InChI=1S/C14H16FN3S/c15-9-3-4-10-13(8-9)18(14(19)16-10)12-5-7-17-6-1-2-11(12)17/h3-4,8,11-12H,1-2,5-7H2,(H,16,19). The zero-order valence-electron chi connectivity index (χ0n) is 10.6. The summed E-state index contributed by atoms with van der Waals surface area (Å²) in [5.74, 6) is -0.198. The van der Waals surface area contributed by atoms with Crippen molar-refractivity contribution in [1.29, 1.82) is 0 Å². The number of halogens is 1. The smallest absolute Gasteiger partial charge is 0.178 e. The number of aromatic nitrogens is 2. The third-order valence-electron chi connectivity index (χ3n) is 4.58. The molecule has 2 unspecified atom stereocenters. The van der Waals surface area contributed by atoms with E-state index < -0.39 is 0 Å². The van der Waals surface area contributed by atoms with Crippen molar-refractivity contribution in [3.05, 3.63) is 28.8 Å². The van der Waals surface area contributed by atoms with Gasteiger partial charge in [0.15, 0.2) is 4.77 Å². The molecule has 2 atom stereocenters. The van der Waals surface area contributed by atoms with E-state index >= 15 is 0 Å². The molecular weight excluding hydrogens is 261 g/mol. The first-order valence-electron chi connectivity index (χ1n) is 6.88. The number of benzene rings is 1. The van der Waals surface area contributed by atoms with E-state index in [0.29, 0.717) is 12.1 Å². The van der Waals surface area contributed by atoms with E-state index in [1.807, 2.05) is 0 Å². The second-order valence-electron chi connectivity index (χ2n) is 5.56. The third kappa shape index (κ3) is 1.68. The molecule has 19 heavy (non-hydrogen) atoms. The molecule has 4 rings (SSSR count). The van der Waals surface area contributed by atoms with Crippen molar-refractivity contribution in [3.8, 4) is 0 Å². The Kier molecular flexibility index (Phi) is 2.53. The topological polar surface area (TPSA) is 24.0 Å². The van der Waals surface area contributed by atoms with E-state index in [-0.39, 0.29) is 5.82 Å². The van der Waals surface area contributed by atoms with Crippen LogP contribution in [0.15, 0.2) is 18.2 Å². The van der Waals surface area contributed by atoms with Gasteiger partial charge in [-0.05, 0) is 56.2 Å². The van der Waals surface area contributed by atoms with Crippen LogP contribution >= 0.6 is 12.2 Å². The van der Waals surface area contributed by atoms with Gasteiger partial charge in [-0.25, -0.2) is 4.39 Å². The van der Waals surface area contributed by atoms with Gasteiger partial charge < -0.3 is 9.55 Å². The summed E-state index contributed by atoms with van der Waals surface area (Å²) in [6, 6.07) is 5.82. The van der Waals surface area contributed by atoms with Gasteiger partial charge >= 0.3 is 0 Å². The summed E-state index contributed by atoms with van der Waals surface area (Å²) in [7, 11) is 0. The van der Waals surface area contributed by atoms with Crippen molar-refractivity contribution in [2.75, 3.05) is 13.1 Å². The zero-order chi connectivity index (χ0) is 13.0. The molecule has 100 valence electrons. The maximum absolute atomic E-state index is 13.5. The molecule has 0 amide bonds. The Morgan fingerprint density at radius 1 is 1.21 bits per heavy atom. The molecule has 5 heteroatoms. The van der Waals surface area contributed by atoms with Crippen LogP contribution in [-0.4, -0.2) is 33.6 Å². The van der Waals surface area contributed by atoms with Crippen LogP contribution in [0.5, 0.6) is 0 Å². The Hall–Kier alpha value is -1.20. The molecule has 0 bridgehead atoms. The molecule has 2 saturated heterocycles. The van der Waals surface area contributed by atoms with Crippen molar-refractivity contribution in [2.45, 2.75) is 31.3 Å². The molecule has 1 aromatic heterocycles. The molecule has 1 N–H and O–H groups in total.